The van der Waals surface area contributed by atoms with Crippen LogP contribution in [0.1, 0.15) is 66.9 Å². The molecular weight excluding hydrogens is 338 g/mol. The zero-order valence-corrected chi connectivity index (χ0v) is 15.9. The Hall–Kier alpha value is -1.89. The average Bonchev–Trinajstić information content (AvgIpc) is 2.52. The largest absolute Gasteiger partial charge is 0.370 e. The van der Waals surface area contributed by atoms with E-state index in [0.29, 0.717) is 12.3 Å². The van der Waals surface area contributed by atoms with Gasteiger partial charge in [-0.3, -0.25) is 4.79 Å². The van der Waals surface area contributed by atoms with Gasteiger partial charge in [0.25, 0.3) is 5.91 Å². The number of carbonyl (C=O) groups is 1. The molecule has 1 aliphatic rings. The van der Waals surface area contributed by atoms with Gasteiger partial charge in [0.2, 0.25) is 0 Å². The van der Waals surface area contributed by atoms with Crippen LogP contribution >= 0.6 is 0 Å². The fourth-order valence-electron chi connectivity index (χ4n) is 3.52. The van der Waals surface area contributed by atoms with Gasteiger partial charge in [-0.05, 0) is 48.3 Å². The van der Waals surface area contributed by atoms with Crippen LogP contribution in [0, 0.1) is 5.92 Å². The van der Waals surface area contributed by atoms with Crippen molar-refractivity contribution in [3.63, 3.8) is 0 Å². The van der Waals surface area contributed by atoms with Crippen LogP contribution in [0.5, 0.6) is 0 Å². The maximum absolute atomic E-state index is 12.4. The number of carbonyl (C=O) groups excluding carboxylic acids is 1. The number of nitrogens with zero attached hydrogens (tertiary/aromatic N) is 1. The lowest BCUT2D eigenvalue weighted by Crippen LogP contribution is -2.24. The average molecular weight is 365 g/mol. The van der Waals surface area contributed by atoms with E-state index in [2.05, 4.69) is 11.9 Å². The fraction of sp³-hybridized carbons (Fsp3) is 0.556. The van der Waals surface area contributed by atoms with Crippen LogP contribution in [0.4, 0.5) is 0 Å². The highest BCUT2D eigenvalue weighted by Crippen LogP contribution is 2.39. The van der Waals surface area contributed by atoms with Crippen molar-refractivity contribution in [3.8, 4) is 0 Å². The van der Waals surface area contributed by atoms with Crippen molar-refractivity contribution >= 4 is 21.7 Å². The first kappa shape index (κ1) is 19.4. The molecule has 0 aromatic heterocycles. The number of rotatable bonds is 4. The third-order valence-electron chi connectivity index (χ3n) is 4.93. The Bertz CT molecular complexity index is 788. The van der Waals surface area contributed by atoms with E-state index in [-0.39, 0.29) is 22.3 Å². The van der Waals surface area contributed by atoms with Crippen molar-refractivity contribution in [3.05, 3.63) is 28.8 Å². The summed E-state index contributed by atoms with van der Waals surface area (Å²) >= 11 is 0. The van der Waals surface area contributed by atoms with Crippen molar-refractivity contribution < 1.29 is 13.2 Å². The van der Waals surface area contributed by atoms with Crippen molar-refractivity contribution in [2.45, 2.75) is 56.8 Å². The second-order valence-corrected chi connectivity index (χ2v) is 8.96. The minimum atomic E-state index is -3.47. The summed E-state index contributed by atoms with van der Waals surface area (Å²) in [6.45, 7) is 4.15. The molecule has 0 bridgehead atoms. The molecule has 138 valence electrons. The summed E-state index contributed by atoms with van der Waals surface area (Å²) in [5.41, 5.74) is 12.4. The zero-order valence-electron chi connectivity index (χ0n) is 15.1. The second-order valence-electron chi connectivity index (χ2n) is 6.97. The number of benzene rings is 1. The molecule has 0 radical (unpaired) electrons. The monoisotopic (exact) mass is 365 g/mol. The molecule has 4 N–H and O–H groups in total. The highest BCUT2D eigenvalue weighted by Gasteiger charge is 2.27. The number of nitrogens with two attached hydrogens (primary N) is 2. The summed E-state index contributed by atoms with van der Waals surface area (Å²) in [5, 5.41) is 0. The summed E-state index contributed by atoms with van der Waals surface area (Å²) in [7, 11) is -3.47. The van der Waals surface area contributed by atoms with E-state index in [1.165, 1.54) is 12.3 Å². The molecule has 1 aromatic rings. The molecule has 1 amide bonds. The number of guanidine groups is 1. The van der Waals surface area contributed by atoms with Crippen LogP contribution in [0.3, 0.4) is 0 Å². The van der Waals surface area contributed by atoms with E-state index < -0.39 is 15.7 Å². The molecule has 7 heteroatoms. The summed E-state index contributed by atoms with van der Waals surface area (Å²) in [6.07, 6.45) is 5.88. The van der Waals surface area contributed by atoms with E-state index in [9.17, 15) is 13.2 Å². The highest BCUT2D eigenvalue weighted by atomic mass is 32.2. The lowest BCUT2D eigenvalue weighted by atomic mass is 9.78. The normalized spacial score (nSPS) is 20.9. The molecule has 2 rings (SSSR count). The van der Waals surface area contributed by atoms with E-state index in [1.807, 2.05) is 13.0 Å². The number of hydrogen-bond donors (Lipinski definition) is 2. The molecule has 0 heterocycles. The van der Waals surface area contributed by atoms with Gasteiger partial charge in [-0.1, -0.05) is 32.8 Å². The quantitative estimate of drug-likeness (QED) is 0.628. The maximum Gasteiger partial charge on any atom is 0.280 e. The molecule has 1 saturated carbocycles. The van der Waals surface area contributed by atoms with E-state index in [4.69, 9.17) is 11.5 Å². The van der Waals surface area contributed by atoms with Gasteiger partial charge in [0.15, 0.2) is 15.8 Å². The van der Waals surface area contributed by atoms with Crippen molar-refractivity contribution in [1.29, 1.82) is 0 Å². The number of hydrogen-bond acceptors (Lipinski definition) is 3. The molecular formula is C18H27N3O3S. The standard InChI is InChI=1S/C18H27N3O3S/c1-4-12-9-14(13-7-5-11(2)6-8-13)16(25(3,23)24)10-15(12)17(22)21-18(19)20/h9-11,13H,4-8H2,1-3H3,(H4,19,20,21,22). The van der Waals surface area contributed by atoms with E-state index in [0.717, 1.165) is 36.8 Å². The predicted molar refractivity (Wildman–Crippen MR) is 99.4 cm³/mol. The minimum Gasteiger partial charge on any atom is -0.370 e. The summed E-state index contributed by atoms with van der Waals surface area (Å²) in [6, 6.07) is 3.32. The van der Waals surface area contributed by atoms with Crippen LogP contribution in [0.2, 0.25) is 0 Å². The summed E-state index contributed by atoms with van der Waals surface area (Å²) in [4.78, 5) is 16.1. The molecule has 1 aromatic carbocycles. The van der Waals surface area contributed by atoms with Crippen molar-refractivity contribution in [2.24, 2.45) is 22.4 Å². The Morgan fingerprint density at radius 1 is 1.20 bits per heavy atom. The first-order valence-corrected chi connectivity index (χ1v) is 10.5. The Morgan fingerprint density at radius 3 is 2.28 bits per heavy atom. The van der Waals surface area contributed by atoms with Gasteiger partial charge in [0.05, 0.1) is 4.90 Å². The topological polar surface area (TPSA) is 116 Å². The van der Waals surface area contributed by atoms with Gasteiger partial charge in [0.1, 0.15) is 0 Å². The SMILES string of the molecule is CCc1cc(C2CCC(C)CC2)c(S(C)(=O)=O)cc1C(=O)N=C(N)N. The number of aryl methyl sites for hydroxylation is 1. The lowest BCUT2D eigenvalue weighted by Gasteiger charge is -2.28. The van der Waals surface area contributed by atoms with Gasteiger partial charge in [-0.2, -0.15) is 4.99 Å². The third kappa shape index (κ3) is 4.60. The Balaban J connectivity index is 2.60. The van der Waals surface area contributed by atoms with Gasteiger partial charge < -0.3 is 11.5 Å². The number of amides is 1. The molecule has 25 heavy (non-hydrogen) atoms. The molecule has 1 aliphatic carbocycles. The van der Waals surface area contributed by atoms with Crippen LogP contribution in [0.15, 0.2) is 22.0 Å². The van der Waals surface area contributed by atoms with Crippen LogP contribution in [0.25, 0.3) is 0 Å². The maximum atomic E-state index is 12.4. The molecule has 0 spiro atoms. The van der Waals surface area contributed by atoms with Gasteiger partial charge in [-0.15, -0.1) is 0 Å². The van der Waals surface area contributed by atoms with Gasteiger partial charge in [0, 0.05) is 11.8 Å². The van der Waals surface area contributed by atoms with Gasteiger partial charge in [-0.25, -0.2) is 8.42 Å². The van der Waals surface area contributed by atoms with Crippen LogP contribution < -0.4 is 11.5 Å². The number of aliphatic imine (C=N–C) groups is 1. The molecule has 6 nitrogen and oxygen atoms in total. The van der Waals surface area contributed by atoms with E-state index >= 15 is 0 Å². The summed E-state index contributed by atoms with van der Waals surface area (Å²) < 4.78 is 24.7. The van der Waals surface area contributed by atoms with Crippen molar-refractivity contribution in [1.82, 2.24) is 0 Å². The molecule has 0 unspecified atom stereocenters. The molecule has 0 saturated heterocycles. The molecule has 0 atom stereocenters. The Morgan fingerprint density at radius 2 is 1.80 bits per heavy atom. The number of sulfone groups is 1. The third-order valence-corrected chi connectivity index (χ3v) is 6.09. The fourth-order valence-corrected chi connectivity index (χ4v) is 4.51. The van der Waals surface area contributed by atoms with Gasteiger partial charge >= 0.3 is 0 Å². The predicted octanol–water partition coefficient (Wildman–Crippen LogP) is 2.36. The highest BCUT2D eigenvalue weighted by molar-refractivity contribution is 7.90. The Kier molecular flexibility index (Phi) is 5.87. The Labute approximate surface area is 149 Å². The van der Waals surface area contributed by atoms with Crippen LogP contribution in [-0.4, -0.2) is 26.5 Å². The first-order chi connectivity index (χ1) is 11.6. The molecule has 1 fully saturated rings. The second kappa shape index (κ2) is 7.56. The zero-order chi connectivity index (χ0) is 18.8. The first-order valence-electron chi connectivity index (χ1n) is 8.64. The lowest BCUT2D eigenvalue weighted by molar-refractivity contribution is 0.100. The summed E-state index contributed by atoms with van der Waals surface area (Å²) in [5.74, 6) is -0.0615. The van der Waals surface area contributed by atoms with Crippen molar-refractivity contribution in [2.75, 3.05) is 6.26 Å². The smallest absolute Gasteiger partial charge is 0.280 e. The minimum absolute atomic E-state index is 0.207. The van der Waals surface area contributed by atoms with E-state index in [1.54, 1.807) is 0 Å². The molecule has 0 aliphatic heterocycles. The van der Waals surface area contributed by atoms with Crippen LogP contribution in [-0.2, 0) is 16.3 Å².